The van der Waals surface area contributed by atoms with E-state index < -0.39 is 5.60 Å². The topological polar surface area (TPSA) is 71.2 Å². The molecule has 0 fully saturated rings. The highest BCUT2D eigenvalue weighted by Crippen LogP contribution is 2.31. The molecule has 0 saturated heterocycles. The summed E-state index contributed by atoms with van der Waals surface area (Å²) < 4.78 is 13.1. The molecule has 1 heterocycles. The molecule has 2 rings (SSSR count). The van der Waals surface area contributed by atoms with Crippen molar-refractivity contribution < 1.29 is 9.50 Å². The Hall–Kier alpha value is -2.05. The first kappa shape index (κ1) is 15.3. The molecular formula is C15H16FN3OS. The highest BCUT2D eigenvalue weighted by Gasteiger charge is 2.32. The van der Waals surface area contributed by atoms with E-state index in [1.807, 2.05) is 0 Å². The van der Waals surface area contributed by atoms with E-state index in [-0.39, 0.29) is 10.9 Å². The molecule has 110 valence electrons. The predicted molar refractivity (Wildman–Crippen MR) is 83.0 cm³/mol. The van der Waals surface area contributed by atoms with E-state index in [0.717, 1.165) is 0 Å². The van der Waals surface area contributed by atoms with Gasteiger partial charge in [-0.2, -0.15) is 0 Å². The summed E-state index contributed by atoms with van der Waals surface area (Å²) in [6.45, 7) is 0.375. The maximum Gasteiger partial charge on any atom is 0.163 e. The Bertz CT molecular complexity index is 606. The third kappa shape index (κ3) is 3.74. The van der Waals surface area contributed by atoms with Crippen molar-refractivity contribution in [3.63, 3.8) is 0 Å². The molecule has 1 aromatic carbocycles. The molecule has 2 aromatic rings. The van der Waals surface area contributed by atoms with Crippen LogP contribution in [0.15, 0.2) is 48.7 Å². The second-order valence-corrected chi connectivity index (χ2v) is 5.06. The van der Waals surface area contributed by atoms with Crippen molar-refractivity contribution >= 4 is 17.3 Å². The summed E-state index contributed by atoms with van der Waals surface area (Å²) >= 11 is 4.75. The average molecular weight is 305 g/mol. The van der Waals surface area contributed by atoms with E-state index in [1.165, 1.54) is 12.1 Å². The summed E-state index contributed by atoms with van der Waals surface area (Å²) in [6.07, 6.45) is 1.90. The van der Waals surface area contributed by atoms with E-state index in [9.17, 15) is 9.50 Å². The molecule has 0 saturated carbocycles. The monoisotopic (exact) mass is 305 g/mol. The van der Waals surface area contributed by atoms with Crippen LogP contribution in [0.5, 0.6) is 0 Å². The summed E-state index contributed by atoms with van der Waals surface area (Å²) in [6, 6.07) is 11.0. The molecule has 0 aliphatic rings. The highest BCUT2D eigenvalue weighted by atomic mass is 32.1. The number of benzene rings is 1. The summed E-state index contributed by atoms with van der Waals surface area (Å²) in [5, 5.41) is 14.0. The number of nitrogens with zero attached hydrogens (tertiary/aromatic N) is 1. The number of rotatable bonds is 5. The quantitative estimate of drug-likeness (QED) is 0.733. The number of hydrogen-bond donors (Lipinski definition) is 3. The third-order valence-electron chi connectivity index (χ3n) is 3.20. The molecule has 0 radical (unpaired) electrons. The normalized spacial score (nSPS) is 13.4. The van der Waals surface area contributed by atoms with Gasteiger partial charge >= 0.3 is 0 Å². The van der Waals surface area contributed by atoms with Gasteiger partial charge in [0.25, 0.3) is 0 Å². The summed E-state index contributed by atoms with van der Waals surface area (Å²) in [5.41, 5.74) is 5.10. The minimum Gasteiger partial charge on any atom is -0.379 e. The Morgan fingerprint density at radius 1 is 1.29 bits per heavy atom. The second-order valence-electron chi connectivity index (χ2n) is 4.62. The third-order valence-corrected chi connectivity index (χ3v) is 3.34. The van der Waals surface area contributed by atoms with E-state index in [1.54, 1.807) is 36.5 Å². The standard InChI is InChI=1S/C15H16FN3OS/c16-12-6-4-11(5-7-12)15(20,8-10-19-14(17)21)13-3-1-2-9-18-13/h1-7,9,20H,8,10H2,(H3,17,19,21). The van der Waals surface area contributed by atoms with Crippen LogP contribution in [0.4, 0.5) is 4.39 Å². The van der Waals surface area contributed by atoms with Gasteiger partial charge in [-0.3, -0.25) is 4.98 Å². The Morgan fingerprint density at radius 2 is 2.00 bits per heavy atom. The van der Waals surface area contributed by atoms with Gasteiger partial charge in [0.05, 0.1) is 5.69 Å². The summed E-state index contributed by atoms with van der Waals surface area (Å²) in [5.74, 6) is -0.358. The van der Waals surface area contributed by atoms with Gasteiger partial charge in [-0.15, -0.1) is 0 Å². The van der Waals surface area contributed by atoms with E-state index in [2.05, 4.69) is 10.3 Å². The number of hydrogen-bond acceptors (Lipinski definition) is 3. The molecule has 1 unspecified atom stereocenters. The van der Waals surface area contributed by atoms with Gasteiger partial charge in [-0.25, -0.2) is 4.39 Å². The molecular weight excluding hydrogens is 289 g/mol. The molecule has 0 spiro atoms. The van der Waals surface area contributed by atoms with E-state index in [0.29, 0.717) is 24.2 Å². The molecule has 1 atom stereocenters. The number of aromatic nitrogens is 1. The van der Waals surface area contributed by atoms with Crippen LogP contribution in [0.3, 0.4) is 0 Å². The zero-order valence-electron chi connectivity index (χ0n) is 11.3. The van der Waals surface area contributed by atoms with Crippen LogP contribution in [0.1, 0.15) is 17.7 Å². The van der Waals surface area contributed by atoms with Crippen molar-refractivity contribution in [3.05, 3.63) is 65.7 Å². The van der Waals surface area contributed by atoms with Crippen LogP contribution in [-0.4, -0.2) is 21.7 Å². The molecule has 4 N–H and O–H groups in total. The largest absolute Gasteiger partial charge is 0.379 e. The first-order valence-electron chi connectivity index (χ1n) is 6.45. The van der Waals surface area contributed by atoms with Crippen LogP contribution < -0.4 is 11.1 Å². The second kappa shape index (κ2) is 6.60. The predicted octanol–water partition coefficient (Wildman–Crippen LogP) is 1.68. The highest BCUT2D eigenvalue weighted by molar-refractivity contribution is 7.80. The number of thiocarbonyl (C=S) groups is 1. The van der Waals surface area contributed by atoms with Gasteiger partial charge in [-0.05, 0) is 42.0 Å². The SMILES string of the molecule is NC(=S)NCCC(O)(c1ccc(F)cc1)c1ccccn1. The number of nitrogens with two attached hydrogens (primary N) is 1. The molecule has 0 aliphatic heterocycles. The lowest BCUT2D eigenvalue weighted by Crippen LogP contribution is -2.36. The average Bonchev–Trinajstić information content (AvgIpc) is 2.48. The van der Waals surface area contributed by atoms with Crippen LogP contribution in [0.25, 0.3) is 0 Å². The maximum atomic E-state index is 13.1. The van der Waals surface area contributed by atoms with Crippen molar-refractivity contribution in [3.8, 4) is 0 Å². The Kier molecular flexibility index (Phi) is 4.82. The minimum absolute atomic E-state index is 0.164. The van der Waals surface area contributed by atoms with Gasteiger partial charge in [0.15, 0.2) is 5.11 Å². The first-order chi connectivity index (χ1) is 10.0. The molecule has 0 amide bonds. The van der Waals surface area contributed by atoms with E-state index >= 15 is 0 Å². The van der Waals surface area contributed by atoms with Gasteiger partial charge in [0, 0.05) is 19.2 Å². The maximum absolute atomic E-state index is 13.1. The smallest absolute Gasteiger partial charge is 0.163 e. The van der Waals surface area contributed by atoms with Crippen LogP contribution in [0, 0.1) is 5.82 Å². The first-order valence-corrected chi connectivity index (χ1v) is 6.86. The van der Waals surface area contributed by atoms with Crippen molar-refractivity contribution in [2.45, 2.75) is 12.0 Å². The van der Waals surface area contributed by atoms with Crippen molar-refractivity contribution in [1.82, 2.24) is 10.3 Å². The number of pyridine rings is 1. The lowest BCUT2D eigenvalue weighted by atomic mass is 9.86. The Morgan fingerprint density at radius 3 is 2.57 bits per heavy atom. The van der Waals surface area contributed by atoms with Crippen LogP contribution >= 0.6 is 12.2 Å². The molecule has 21 heavy (non-hydrogen) atoms. The van der Waals surface area contributed by atoms with E-state index in [4.69, 9.17) is 18.0 Å². The fourth-order valence-corrected chi connectivity index (χ4v) is 2.22. The zero-order valence-corrected chi connectivity index (χ0v) is 12.1. The number of halogens is 1. The van der Waals surface area contributed by atoms with Crippen molar-refractivity contribution in [2.75, 3.05) is 6.54 Å². The van der Waals surface area contributed by atoms with Crippen molar-refractivity contribution in [1.29, 1.82) is 0 Å². The zero-order chi connectivity index (χ0) is 15.3. The molecule has 0 bridgehead atoms. The van der Waals surface area contributed by atoms with Gasteiger partial charge in [-0.1, -0.05) is 18.2 Å². The number of nitrogens with one attached hydrogen (secondary N) is 1. The fourth-order valence-electron chi connectivity index (χ4n) is 2.12. The van der Waals surface area contributed by atoms with Gasteiger partial charge in [0.2, 0.25) is 0 Å². The molecule has 0 aliphatic carbocycles. The summed E-state index contributed by atoms with van der Waals surface area (Å²) in [4.78, 5) is 4.21. The van der Waals surface area contributed by atoms with Crippen LogP contribution in [-0.2, 0) is 5.60 Å². The van der Waals surface area contributed by atoms with Crippen LogP contribution in [0.2, 0.25) is 0 Å². The minimum atomic E-state index is -1.34. The van der Waals surface area contributed by atoms with Crippen molar-refractivity contribution in [2.24, 2.45) is 5.73 Å². The van der Waals surface area contributed by atoms with Gasteiger partial charge in [0.1, 0.15) is 11.4 Å². The molecule has 4 nitrogen and oxygen atoms in total. The number of aliphatic hydroxyl groups is 1. The molecule has 1 aromatic heterocycles. The summed E-state index contributed by atoms with van der Waals surface area (Å²) in [7, 11) is 0. The molecule has 6 heteroatoms. The Labute approximate surface area is 127 Å². The lowest BCUT2D eigenvalue weighted by Gasteiger charge is -2.28. The lowest BCUT2D eigenvalue weighted by molar-refractivity contribution is 0.0679. The Balaban J connectivity index is 2.33. The van der Waals surface area contributed by atoms with Gasteiger partial charge < -0.3 is 16.2 Å². The fraction of sp³-hybridized carbons (Fsp3) is 0.200.